The van der Waals surface area contributed by atoms with Gasteiger partial charge in [-0.05, 0) is 36.2 Å². The van der Waals surface area contributed by atoms with E-state index in [0.717, 1.165) is 18.0 Å². The first-order valence-corrected chi connectivity index (χ1v) is 9.62. The molecule has 33 heavy (non-hydrogen) atoms. The largest absolute Gasteiger partial charge is 0.493 e. The number of anilines is 3. The summed E-state index contributed by atoms with van der Waals surface area (Å²) in [7, 11) is 3.03. The highest BCUT2D eigenvalue weighted by Crippen LogP contribution is 2.38. The van der Waals surface area contributed by atoms with Crippen molar-refractivity contribution in [2.45, 2.75) is 12.6 Å². The first-order chi connectivity index (χ1) is 15.7. The van der Waals surface area contributed by atoms with Gasteiger partial charge in [-0.25, -0.2) is 9.97 Å². The highest BCUT2D eigenvalue weighted by Gasteiger charge is 2.34. The van der Waals surface area contributed by atoms with Gasteiger partial charge in [0.05, 0.1) is 30.4 Å². The van der Waals surface area contributed by atoms with Gasteiger partial charge in [-0.15, -0.1) is 0 Å². The first-order valence-electron chi connectivity index (χ1n) is 9.62. The molecule has 0 aliphatic rings. The Balaban J connectivity index is 1.81. The number of hydrogen-bond donors (Lipinski definition) is 2. The summed E-state index contributed by atoms with van der Waals surface area (Å²) >= 11 is 0. The van der Waals surface area contributed by atoms with Crippen LogP contribution in [0.15, 0.2) is 48.8 Å². The fourth-order valence-corrected chi connectivity index (χ4v) is 3.10. The van der Waals surface area contributed by atoms with E-state index >= 15 is 0 Å². The molecular weight excluding hydrogens is 443 g/mol. The summed E-state index contributed by atoms with van der Waals surface area (Å²) in [5.74, 6) is 0.621. The molecular formula is C21H20F3N5O4. The van der Waals surface area contributed by atoms with Crippen molar-refractivity contribution in [1.82, 2.24) is 9.97 Å². The number of benzene rings is 2. The summed E-state index contributed by atoms with van der Waals surface area (Å²) in [6.07, 6.45) is -3.16. The summed E-state index contributed by atoms with van der Waals surface area (Å²) in [6, 6.07) is 9.97. The number of aromatic nitrogens is 2. The third-order valence-corrected chi connectivity index (χ3v) is 4.64. The zero-order valence-corrected chi connectivity index (χ0v) is 17.6. The quantitative estimate of drug-likeness (QED) is 0.343. The highest BCUT2D eigenvalue weighted by molar-refractivity contribution is 5.75. The minimum absolute atomic E-state index is 0.123. The highest BCUT2D eigenvalue weighted by atomic mass is 19.4. The van der Waals surface area contributed by atoms with E-state index in [-0.39, 0.29) is 23.9 Å². The number of nitrogens with zero attached hydrogens (tertiary/aromatic N) is 3. The van der Waals surface area contributed by atoms with E-state index in [1.165, 1.54) is 32.4 Å². The van der Waals surface area contributed by atoms with E-state index in [1.807, 2.05) is 6.07 Å². The lowest BCUT2D eigenvalue weighted by molar-refractivity contribution is -0.383. The Labute approximate surface area is 186 Å². The maximum Gasteiger partial charge on any atom is 0.418 e. The van der Waals surface area contributed by atoms with Gasteiger partial charge >= 0.3 is 11.9 Å². The van der Waals surface area contributed by atoms with Gasteiger partial charge in [-0.3, -0.25) is 10.1 Å². The van der Waals surface area contributed by atoms with Crippen molar-refractivity contribution in [3.8, 4) is 11.5 Å². The molecule has 2 aromatic carbocycles. The van der Waals surface area contributed by atoms with E-state index in [1.54, 1.807) is 12.1 Å². The molecule has 12 heteroatoms. The number of nitrogens with one attached hydrogen (secondary N) is 2. The summed E-state index contributed by atoms with van der Waals surface area (Å²) < 4.78 is 50.3. The molecule has 2 N–H and O–H groups in total. The van der Waals surface area contributed by atoms with E-state index in [4.69, 9.17) is 9.47 Å². The molecule has 0 saturated carbocycles. The zero-order chi connectivity index (χ0) is 24.0. The molecule has 0 unspecified atom stereocenters. The van der Waals surface area contributed by atoms with E-state index < -0.39 is 22.4 Å². The molecule has 0 bridgehead atoms. The van der Waals surface area contributed by atoms with Crippen LogP contribution in [0.3, 0.4) is 0 Å². The van der Waals surface area contributed by atoms with Gasteiger partial charge in [0.2, 0.25) is 11.6 Å². The molecule has 174 valence electrons. The molecule has 0 amide bonds. The minimum Gasteiger partial charge on any atom is -0.493 e. The normalized spacial score (nSPS) is 11.1. The number of alkyl halides is 3. The second-order valence-corrected chi connectivity index (χ2v) is 6.71. The van der Waals surface area contributed by atoms with Gasteiger partial charge in [0.1, 0.15) is 6.33 Å². The molecule has 0 fully saturated rings. The molecule has 0 saturated heterocycles. The molecule has 0 aliphatic heterocycles. The van der Waals surface area contributed by atoms with Crippen molar-refractivity contribution in [3.05, 3.63) is 70.0 Å². The molecule has 3 rings (SSSR count). The van der Waals surface area contributed by atoms with Crippen LogP contribution in [0, 0.1) is 10.1 Å². The molecule has 0 radical (unpaired) electrons. The van der Waals surface area contributed by atoms with Crippen LogP contribution in [-0.4, -0.2) is 35.7 Å². The number of nitro groups is 1. The summed E-state index contributed by atoms with van der Waals surface area (Å²) in [4.78, 5) is 18.6. The Morgan fingerprint density at radius 2 is 1.73 bits per heavy atom. The molecule has 0 spiro atoms. The minimum atomic E-state index is -4.65. The van der Waals surface area contributed by atoms with Crippen molar-refractivity contribution >= 4 is 23.0 Å². The second kappa shape index (κ2) is 10.0. The molecule has 1 heterocycles. The number of para-hydroxylation sites is 1. The summed E-state index contributed by atoms with van der Waals surface area (Å²) in [5, 5.41) is 17.0. The number of halogens is 3. The van der Waals surface area contributed by atoms with Crippen molar-refractivity contribution in [2.75, 3.05) is 31.4 Å². The average Bonchev–Trinajstić information content (AvgIpc) is 2.78. The first kappa shape index (κ1) is 23.6. The van der Waals surface area contributed by atoms with Crippen LogP contribution in [0.5, 0.6) is 11.5 Å². The summed E-state index contributed by atoms with van der Waals surface area (Å²) in [6.45, 7) is 0.256. The van der Waals surface area contributed by atoms with Gasteiger partial charge in [-0.2, -0.15) is 13.2 Å². The Morgan fingerprint density at radius 3 is 2.39 bits per heavy atom. The lowest BCUT2D eigenvalue weighted by Crippen LogP contribution is -2.12. The third-order valence-electron chi connectivity index (χ3n) is 4.64. The Kier molecular flexibility index (Phi) is 7.16. The molecule has 9 nitrogen and oxygen atoms in total. The monoisotopic (exact) mass is 463 g/mol. The number of ether oxygens (including phenoxy) is 2. The smallest absolute Gasteiger partial charge is 0.418 e. The topological polar surface area (TPSA) is 111 Å². The van der Waals surface area contributed by atoms with Crippen molar-refractivity contribution in [1.29, 1.82) is 0 Å². The number of methoxy groups -OCH3 is 2. The Hall–Kier alpha value is -4.09. The second-order valence-electron chi connectivity index (χ2n) is 6.71. The van der Waals surface area contributed by atoms with E-state index in [2.05, 4.69) is 20.6 Å². The van der Waals surface area contributed by atoms with Crippen molar-refractivity contribution in [2.24, 2.45) is 0 Å². The van der Waals surface area contributed by atoms with Gasteiger partial charge in [-0.1, -0.05) is 18.2 Å². The predicted molar refractivity (Wildman–Crippen MR) is 115 cm³/mol. The zero-order valence-electron chi connectivity index (χ0n) is 17.6. The van der Waals surface area contributed by atoms with Crippen LogP contribution in [0.4, 0.5) is 36.2 Å². The fourth-order valence-electron chi connectivity index (χ4n) is 3.10. The molecule has 0 aliphatic carbocycles. The van der Waals surface area contributed by atoms with Crippen LogP contribution >= 0.6 is 0 Å². The molecule has 3 aromatic rings. The maximum absolute atomic E-state index is 13.3. The van der Waals surface area contributed by atoms with Gasteiger partial charge < -0.3 is 20.1 Å². The molecule has 1 aromatic heterocycles. The van der Waals surface area contributed by atoms with E-state index in [9.17, 15) is 23.3 Å². The lowest BCUT2D eigenvalue weighted by Gasteiger charge is -2.14. The van der Waals surface area contributed by atoms with Crippen LogP contribution < -0.4 is 20.1 Å². The SMILES string of the molecule is COc1ccc(CCNc2ncnc(Nc3ccccc3C(F)(F)F)c2[N+](=O)[O-])cc1OC. The molecule has 0 atom stereocenters. The van der Waals surface area contributed by atoms with Gasteiger partial charge in [0.15, 0.2) is 11.5 Å². The van der Waals surface area contributed by atoms with Crippen LogP contribution in [0.25, 0.3) is 0 Å². The number of hydrogen-bond acceptors (Lipinski definition) is 8. The van der Waals surface area contributed by atoms with Gasteiger partial charge in [0.25, 0.3) is 0 Å². The number of rotatable bonds is 9. The Morgan fingerprint density at radius 1 is 1.03 bits per heavy atom. The summed E-state index contributed by atoms with van der Waals surface area (Å²) in [5.41, 5.74) is -1.03. The maximum atomic E-state index is 13.3. The average molecular weight is 463 g/mol. The predicted octanol–water partition coefficient (Wildman–Crippen LogP) is 4.82. The lowest BCUT2D eigenvalue weighted by atomic mass is 10.1. The van der Waals surface area contributed by atoms with Crippen LogP contribution in [0.1, 0.15) is 11.1 Å². The van der Waals surface area contributed by atoms with Crippen molar-refractivity contribution in [3.63, 3.8) is 0 Å². The fraction of sp³-hybridized carbons (Fsp3) is 0.238. The van der Waals surface area contributed by atoms with Crippen LogP contribution in [-0.2, 0) is 12.6 Å². The van der Waals surface area contributed by atoms with Gasteiger partial charge in [0, 0.05) is 6.54 Å². The van der Waals surface area contributed by atoms with Crippen molar-refractivity contribution < 1.29 is 27.6 Å². The van der Waals surface area contributed by atoms with Crippen LogP contribution in [0.2, 0.25) is 0 Å². The standard InChI is InChI=1S/C21H20F3N5O4/c1-32-16-8-7-13(11-17(16)33-2)9-10-25-19-18(29(30)31)20(27-12-26-19)28-15-6-4-3-5-14(15)21(22,23)24/h3-8,11-12H,9-10H2,1-2H3,(H2,25,26,27,28). The third kappa shape index (κ3) is 5.59. The Bertz CT molecular complexity index is 1140. The van der Waals surface area contributed by atoms with E-state index in [0.29, 0.717) is 17.9 Å².